The van der Waals surface area contributed by atoms with E-state index in [-0.39, 0.29) is 11.8 Å². The monoisotopic (exact) mass is 346 g/mol. The number of amides is 2. The molecule has 1 aliphatic rings. The molecule has 2 heterocycles. The number of aryl methyl sites for hydroxylation is 1. The lowest BCUT2D eigenvalue weighted by molar-refractivity contribution is -0.143. The molecule has 0 bridgehead atoms. The fraction of sp³-hybridized carbons (Fsp3) is 0.632. The second kappa shape index (κ2) is 8.43. The third-order valence-corrected chi connectivity index (χ3v) is 5.03. The van der Waals surface area contributed by atoms with Crippen molar-refractivity contribution in [2.75, 3.05) is 41.3 Å². The van der Waals surface area contributed by atoms with Gasteiger partial charge in [0.15, 0.2) is 0 Å². The minimum Gasteiger partial charge on any atom is -0.348 e. The molecule has 1 aromatic heterocycles. The average molecular weight is 346 g/mol. The van der Waals surface area contributed by atoms with Crippen molar-refractivity contribution in [2.24, 2.45) is 0 Å². The van der Waals surface area contributed by atoms with Gasteiger partial charge in [0.2, 0.25) is 11.8 Å². The van der Waals surface area contributed by atoms with Gasteiger partial charge in [0.05, 0.1) is 6.54 Å². The van der Waals surface area contributed by atoms with Crippen LogP contribution in [0.4, 0.5) is 0 Å². The Morgan fingerprint density at radius 3 is 2.60 bits per heavy atom. The zero-order chi connectivity index (χ0) is 18.4. The first-order valence-corrected chi connectivity index (χ1v) is 8.93. The number of rotatable bonds is 7. The van der Waals surface area contributed by atoms with Crippen LogP contribution in [0, 0.1) is 0 Å². The van der Waals surface area contributed by atoms with Crippen molar-refractivity contribution in [3.8, 4) is 0 Å². The normalized spacial score (nSPS) is 20.5. The van der Waals surface area contributed by atoms with Crippen molar-refractivity contribution in [3.63, 3.8) is 0 Å². The zero-order valence-electron chi connectivity index (χ0n) is 15.9. The fourth-order valence-electron chi connectivity index (χ4n) is 3.65. The lowest BCUT2D eigenvalue weighted by Gasteiger charge is -2.39. The largest absolute Gasteiger partial charge is 0.348 e. The van der Waals surface area contributed by atoms with Crippen molar-refractivity contribution < 1.29 is 9.59 Å². The summed E-state index contributed by atoms with van der Waals surface area (Å²) in [6.45, 7) is 1.10. The van der Waals surface area contributed by atoms with Gasteiger partial charge in [-0.15, -0.1) is 0 Å². The van der Waals surface area contributed by atoms with Gasteiger partial charge in [0.1, 0.15) is 5.54 Å². The van der Waals surface area contributed by atoms with Crippen LogP contribution in [-0.4, -0.2) is 78.3 Å². The zero-order valence-corrected chi connectivity index (χ0v) is 15.9. The van der Waals surface area contributed by atoms with E-state index in [1.54, 1.807) is 44.2 Å². The van der Waals surface area contributed by atoms with Gasteiger partial charge in [-0.2, -0.15) is 0 Å². The summed E-state index contributed by atoms with van der Waals surface area (Å²) in [5.41, 5.74) is 0.626. The molecule has 0 spiro atoms. The van der Waals surface area contributed by atoms with Crippen molar-refractivity contribution in [1.29, 1.82) is 0 Å². The van der Waals surface area contributed by atoms with E-state index >= 15 is 0 Å². The van der Waals surface area contributed by atoms with Crippen LogP contribution in [0.15, 0.2) is 24.5 Å². The van der Waals surface area contributed by atoms with Crippen LogP contribution in [0.5, 0.6) is 0 Å². The van der Waals surface area contributed by atoms with Gasteiger partial charge in [-0.25, -0.2) is 0 Å². The number of hydrogen-bond donors (Lipinski definition) is 0. The quantitative estimate of drug-likeness (QED) is 0.749. The number of likely N-dealkylation sites (N-methyl/N-ethyl adjacent to an activating group) is 2. The van der Waals surface area contributed by atoms with E-state index in [2.05, 4.69) is 16.0 Å². The molecule has 138 valence electrons. The van der Waals surface area contributed by atoms with Crippen molar-refractivity contribution in [2.45, 2.75) is 37.6 Å². The van der Waals surface area contributed by atoms with Gasteiger partial charge >= 0.3 is 0 Å². The summed E-state index contributed by atoms with van der Waals surface area (Å²) in [7, 11) is 7.12. The van der Waals surface area contributed by atoms with E-state index in [4.69, 9.17) is 0 Å². The van der Waals surface area contributed by atoms with Crippen molar-refractivity contribution >= 4 is 11.8 Å². The molecule has 6 heteroatoms. The Kier molecular flexibility index (Phi) is 6.53. The number of carbonyl (C=O) groups excluding carboxylic acids is 2. The third-order valence-electron chi connectivity index (χ3n) is 5.03. The molecule has 1 aliphatic heterocycles. The van der Waals surface area contributed by atoms with Gasteiger partial charge in [0, 0.05) is 40.6 Å². The van der Waals surface area contributed by atoms with Crippen molar-refractivity contribution in [1.82, 2.24) is 19.7 Å². The fourth-order valence-corrected chi connectivity index (χ4v) is 3.65. The highest BCUT2D eigenvalue weighted by molar-refractivity contribution is 5.87. The third kappa shape index (κ3) is 4.57. The Labute approximate surface area is 150 Å². The number of pyridine rings is 1. The van der Waals surface area contributed by atoms with E-state index in [9.17, 15) is 9.59 Å². The second-order valence-electron chi connectivity index (χ2n) is 7.26. The summed E-state index contributed by atoms with van der Waals surface area (Å²) in [5.74, 6) is 0.160. The number of likely N-dealkylation sites (tertiary alicyclic amines) is 1. The summed E-state index contributed by atoms with van der Waals surface area (Å²) in [6.07, 6.45) is 7.98. The van der Waals surface area contributed by atoms with Gasteiger partial charge < -0.3 is 9.80 Å². The lowest BCUT2D eigenvalue weighted by Crippen LogP contribution is -2.57. The van der Waals surface area contributed by atoms with E-state index < -0.39 is 5.54 Å². The molecule has 1 unspecified atom stereocenters. The van der Waals surface area contributed by atoms with Gasteiger partial charge in [0.25, 0.3) is 0 Å². The van der Waals surface area contributed by atoms with Crippen LogP contribution in [0.3, 0.4) is 0 Å². The maximum absolute atomic E-state index is 13.0. The lowest BCUT2D eigenvalue weighted by atomic mass is 9.87. The summed E-state index contributed by atoms with van der Waals surface area (Å²) < 4.78 is 0. The maximum atomic E-state index is 13.0. The maximum Gasteiger partial charge on any atom is 0.242 e. The standard InChI is InChI=1S/C19H30N4O2/c1-21(2)17(24)15-23-13-7-11-19(23,18(25)22(3)4)10-5-8-16-9-6-12-20-14-16/h6,9,12,14H,5,7-8,10-11,13,15H2,1-4H3. The molecular weight excluding hydrogens is 316 g/mol. The summed E-state index contributed by atoms with van der Waals surface area (Å²) in [6, 6.07) is 4.00. The average Bonchev–Trinajstić information content (AvgIpc) is 2.98. The minimum atomic E-state index is -0.558. The molecule has 0 radical (unpaired) electrons. The minimum absolute atomic E-state index is 0.0464. The molecule has 2 rings (SSSR count). The predicted octanol–water partition coefficient (Wildman–Crippen LogP) is 1.42. The van der Waals surface area contributed by atoms with E-state index in [0.29, 0.717) is 6.54 Å². The molecule has 0 aromatic carbocycles. The molecule has 0 N–H and O–H groups in total. The molecule has 2 amide bonds. The highest BCUT2D eigenvalue weighted by Crippen LogP contribution is 2.35. The van der Waals surface area contributed by atoms with E-state index in [1.807, 2.05) is 12.3 Å². The number of hydrogen-bond acceptors (Lipinski definition) is 4. The first-order valence-electron chi connectivity index (χ1n) is 8.93. The Morgan fingerprint density at radius 1 is 1.24 bits per heavy atom. The van der Waals surface area contributed by atoms with Crippen LogP contribution in [0.1, 0.15) is 31.2 Å². The molecule has 1 saturated heterocycles. The Hall–Kier alpha value is -1.95. The first-order chi connectivity index (χ1) is 11.9. The number of nitrogens with zero attached hydrogens (tertiary/aromatic N) is 4. The summed E-state index contributed by atoms with van der Waals surface area (Å²) in [5, 5.41) is 0. The molecule has 25 heavy (non-hydrogen) atoms. The molecule has 0 aliphatic carbocycles. The number of carbonyl (C=O) groups is 2. The topological polar surface area (TPSA) is 56.8 Å². The van der Waals surface area contributed by atoms with Crippen LogP contribution in [-0.2, 0) is 16.0 Å². The molecule has 0 saturated carbocycles. The van der Waals surface area contributed by atoms with Crippen LogP contribution in [0.25, 0.3) is 0 Å². The highest BCUT2D eigenvalue weighted by atomic mass is 16.2. The summed E-state index contributed by atoms with van der Waals surface area (Å²) in [4.78, 5) is 34.8. The first kappa shape index (κ1) is 19.4. The van der Waals surface area contributed by atoms with Gasteiger partial charge in [-0.1, -0.05) is 6.07 Å². The van der Waals surface area contributed by atoms with Crippen LogP contribution in [0.2, 0.25) is 0 Å². The Bertz CT molecular complexity index is 588. The highest BCUT2D eigenvalue weighted by Gasteiger charge is 2.48. The SMILES string of the molecule is CN(C)C(=O)CN1CCCC1(CCCc1cccnc1)C(=O)N(C)C. The molecule has 6 nitrogen and oxygen atoms in total. The molecule has 1 aromatic rings. The Morgan fingerprint density at radius 2 is 2.00 bits per heavy atom. The molecule has 1 fully saturated rings. The van der Waals surface area contributed by atoms with Gasteiger partial charge in [-0.3, -0.25) is 19.5 Å². The summed E-state index contributed by atoms with van der Waals surface area (Å²) >= 11 is 0. The molecular formula is C19H30N4O2. The molecule has 1 atom stereocenters. The second-order valence-corrected chi connectivity index (χ2v) is 7.26. The van der Waals surface area contributed by atoms with E-state index in [1.165, 1.54) is 5.56 Å². The van der Waals surface area contributed by atoms with Crippen molar-refractivity contribution in [3.05, 3.63) is 30.1 Å². The van der Waals surface area contributed by atoms with Gasteiger partial charge in [-0.05, 0) is 50.3 Å². The number of aromatic nitrogens is 1. The smallest absolute Gasteiger partial charge is 0.242 e. The Balaban J connectivity index is 2.12. The van der Waals surface area contributed by atoms with Crippen LogP contribution < -0.4 is 0 Å². The van der Waals surface area contributed by atoms with E-state index in [0.717, 1.165) is 38.6 Å². The van der Waals surface area contributed by atoms with Crippen LogP contribution >= 0.6 is 0 Å². The predicted molar refractivity (Wildman–Crippen MR) is 98.1 cm³/mol.